The highest BCUT2D eigenvalue weighted by Crippen LogP contribution is 2.47. The van der Waals surface area contributed by atoms with Gasteiger partial charge in [0.2, 0.25) is 0 Å². The molecule has 0 spiro atoms. The zero-order valence-corrected chi connectivity index (χ0v) is 27.4. The maximum absolute atomic E-state index is 2.48. The fourth-order valence-electron chi connectivity index (χ4n) is 8.42. The zero-order chi connectivity index (χ0) is 32.1. The lowest BCUT2D eigenvalue weighted by atomic mass is 9.86. The molecule has 1 heteroatoms. The topological polar surface area (TPSA) is 0 Å². The molecule has 0 saturated carbocycles. The Morgan fingerprint density at radius 2 is 0.694 bits per heavy atom. The predicted octanol–water partition coefficient (Wildman–Crippen LogP) is 14.3. The first-order chi connectivity index (χ1) is 24.3. The van der Waals surface area contributed by atoms with Gasteiger partial charge in [0.15, 0.2) is 0 Å². The molecule has 0 unspecified atom stereocenters. The predicted molar refractivity (Wildman–Crippen MR) is 215 cm³/mol. The van der Waals surface area contributed by atoms with E-state index in [-0.39, 0.29) is 0 Å². The molecule has 49 heavy (non-hydrogen) atoms. The summed E-state index contributed by atoms with van der Waals surface area (Å²) >= 11 is 1.90. The van der Waals surface area contributed by atoms with E-state index in [1.54, 1.807) is 0 Å². The lowest BCUT2D eigenvalue weighted by Gasteiger charge is -2.17. The van der Waals surface area contributed by atoms with E-state index in [1.165, 1.54) is 107 Å². The lowest BCUT2D eigenvalue weighted by Crippen LogP contribution is -1.90. The third kappa shape index (κ3) is 3.91. The van der Waals surface area contributed by atoms with Crippen molar-refractivity contribution in [3.8, 4) is 22.3 Å². The highest BCUT2D eigenvalue weighted by atomic mass is 32.1. The molecule has 0 radical (unpaired) electrons. The van der Waals surface area contributed by atoms with Crippen molar-refractivity contribution in [3.05, 3.63) is 170 Å². The average Bonchev–Trinajstić information content (AvgIpc) is 3.53. The molecular weight excluding hydrogens is 609 g/mol. The zero-order valence-electron chi connectivity index (χ0n) is 26.6. The van der Waals surface area contributed by atoms with Crippen molar-refractivity contribution in [1.82, 2.24) is 0 Å². The van der Waals surface area contributed by atoms with Crippen LogP contribution in [0.1, 0.15) is 0 Å². The van der Waals surface area contributed by atoms with E-state index in [9.17, 15) is 0 Å². The molecule has 11 rings (SSSR count). The van der Waals surface area contributed by atoms with Crippen molar-refractivity contribution in [2.45, 2.75) is 0 Å². The Morgan fingerprint density at radius 3 is 1.31 bits per heavy atom. The van der Waals surface area contributed by atoms with Crippen LogP contribution in [0.25, 0.3) is 107 Å². The third-order valence-corrected chi connectivity index (χ3v) is 11.7. The molecule has 226 valence electrons. The number of hydrogen-bond donors (Lipinski definition) is 0. The van der Waals surface area contributed by atoms with E-state index >= 15 is 0 Å². The second kappa shape index (κ2) is 10.2. The summed E-state index contributed by atoms with van der Waals surface area (Å²) in [4.78, 5) is 0. The lowest BCUT2D eigenvalue weighted by molar-refractivity contribution is 1.66. The summed E-state index contributed by atoms with van der Waals surface area (Å²) in [7, 11) is 0. The van der Waals surface area contributed by atoms with Crippen molar-refractivity contribution in [1.29, 1.82) is 0 Å². The molecule has 0 N–H and O–H groups in total. The van der Waals surface area contributed by atoms with Gasteiger partial charge < -0.3 is 0 Å². The largest absolute Gasteiger partial charge is 0.135 e. The second-order valence-corrected chi connectivity index (χ2v) is 14.3. The fourth-order valence-corrected chi connectivity index (χ4v) is 9.53. The maximum Gasteiger partial charge on any atom is 0.0362 e. The first-order valence-corrected chi connectivity index (χ1v) is 17.7. The van der Waals surface area contributed by atoms with Gasteiger partial charge in [-0.1, -0.05) is 133 Å². The molecule has 0 aliphatic carbocycles. The number of fused-ring (bicyclic) bond motifs is 12. The summed E-state index contributed by atoms with van der Waals surface area (Å²) in [5.41, 5.74) is 5.11. The number of benzene rings is 10. The van der Waals surface area contributed by atoms with E-state index < -0.39 is 0 Å². The quantitative estimate of drug-likeness (QED) is 0.131. The van der Waals surface area contributed by atoms with Crippen LogP contribution in [-0.4, -0.2) is 0 Å². The Labute approximate surface area is 287 Å². The molecule has 10 aromatic carbocycles. The van der Waals surface area contributed by atoms with Crippen molar-refractivity contribution < 1.29 is 0 Å². The van der Waals surface area contributed by atoms with Crippen LogP contribution in [0, 0.1) is 0 Å². The van der Waals surface area contributed by atoms with Crippen LogP contribution in [0.5, 0.6) is 0 Å². The highest BCUT2D eigenvalue weighted by molar-refractivity contribution is 7.25. The van der Waals surface area contributed by atoms with E-state index in [1.807, 2.05) is 11.3 Å². The van der Waals surface area contributed by atoms with Gasteiger partial charge in [0.25, 0.3) is 0 Å². The van der Waals surface area contributed by atoms with E-state index in [0.717, 1.165) is 0 Å². The minimum atomic E-state index is 1.25. The number of rotatable bonds is 2. The first kappa shape index (κ1) is 27.0. The summed E-state index contributed by atoms with van der Waals surface area (Å²) in [6, 6.07) is 63.2. The Hall–Kier alpha value is -6.02. The molecule has 0 aliphatic heterocycles. The van der Waals surface area contributed by atoms with Crippen LogP contribution in [0.2, 0.25) is 0 Å². The summed E-state index contributed by atoms with van der Waals surface area (Å²) < 4.78 is 2.65. The van der Waals surface area contributed by atoms with Crippen LogP contribution in [0.4, 0.5) is 0 Å². The van der Waals surface area contributed by atoms with Crippen molar-refractivity contribution >= 4 is 96.1 Å². The van der Waals surface area contributed by atoms with Gasteiger partial charge in [-0.2, -0.15) is 0 Å². The molecule has 1 aromatic heterocycles. The Kier molecular flexibility index (Phi) is 5.64. The molecule has 1 heterocycles. The summed E-state index contributed by atoms with van der Waals surface area (Å²) in [5, 5.41) is 18.3. The minimum absolute atomic E-state index is 1.25. The fraction of sp³-hybridized carbons (Fsp3) is 0. The smallest absolute Gasteiger partial charge is 0.0362 e. The minimum Gasteiger partial charge on any atom is -0.135 e. The van der Waals surface area contributed by atoms with Crippen molar-refractivity contribution in [2.24, 2.45) is 0 Å². The maximum atomic E-state index is 2.48. The second-order valence-electron chi connectivity index (χ2n) is 13.2. The van der Waals surface area contributed by atoms with Gasteiger partial charge in [-0.15, -0.1) is 11.3 Å². The molecule has 0 bridgehead atoms. The standard InChI is InChI=1S/C48H28S/c1-2-12-29(13-3-1)47-35-18-8-10-20-37(35)48(38-21-11-9-19-36(38)47)32-22-23-45-43(26-32)44-27-41-40-25-31-15-5-4-14-30(31)24-39(40)33-16-6-7-17-34(33)42(41)28-46(44)49-45/h1-28H. The molecule has 0 nitrogen and oxygen atoms in total. The summed E-state index contributed by atoms with van der Waals surface area (Å²) in [6.45, 7) is 0. The molecule has 0 saturated heterocycles. The van der Waals surface area contributed by atoms with Crippen LogP contribution < -0.4 is 0 Å². The van der Waals surface area contributed by atoms with E-state index in [0.29, 0.717) is 0 Å². The average molecular weight is 637 g/mol. The van der Waals surface area contributed by atoms with Crippen molar-refractivity contribution in [2.75, 3.05) is 0 Å². The molecular formula is C48H28S. The van der Waals surface area contributed by atoms with Gasteiger partial charge in [-0.3, -0.25) is 0 Å². The molecule has 0 aliphatic rings. The third-order valence-electron chi connectivity index (χ3n) is 10.6. The summed E-state index contributed by atoms with van der Waals surface area (Å²) in [5.74, 6) is 0. The Balaban J connectivity index is 1.23. The SMILES string of the molecule is c1ccc(-c2c3ccccc3c(-c3ccc4sc5cc6c7ccccc7c7cc8ccccc8cc7c6cc5c4c3)c3ccccc23)cc1. The molecule has 0 atom stereocenters. The van der Waals surface area contributed by atoms with E-state index in [4.69, 9.17) is 0 Å². The summed E-state index contributed by atoms with van der Waals surface area (Å²) in [6.07, 6.45) is 0. The normalized spacial score (nSPS) is 12.1. The van der Waals surface area contributed by atoms with Crippen LogP contribution >= 0.6 is 11.3 Å². The molecule has 0 amide bonds. The van der Waals surface area contributed by atoms with Gasteiger partial charge in [-0.25, -0.2) is 0 Å². The monoisotopic (exact) mass is 636 g/mol. The number of hydrogen-bond acceptors (Lipinski definition) is 1. The Morgan fingerprint density at radius 1 is 0.245 bits per heavy atom. The Bertz CT molecular complexity index is 3090. The van der Waals surface area contributed by atoms with Crippen LogP contribution in [0.15, 0.2) is 170 Å². The van der Waals surface area contributed by atoms with Crippen LogP contribution in [-0.2, 0) is 0 Å². The van der Waals surface area contributed by atoms with E-state index in [2.05, 4.69) is 170 Å². The molecule has 11 aromatic rings. The van der Waals surface area contributed by atoms with Gasteiger partial charge in [-0.05, 0) is 123 Å². The first-order valence-electron chi connectivity index (χ1n) is 16.9. The highest BCUT2D eigenvalue weighted by Gasteiger charge is 2.18. The van der Waals surface area contributed by atoms with Gasteiger partial charge >= 0.3 is 0 Å². The number of thiophene rings is 1. The van der Waals surface area contributed by atoms with Gasteiger partial charge in [0, 0.05) is 20.2 Å². The van der Waals surface area contributed by atoms with Gasteiger partial charge in [0.05, 0.1) is 0 Å². The van der Waals surface area contributed by atoms with Crippen molar-refractivity contribution in [3.63, 3.8) is 0 Å². The van der Waals surface area contributed by atoms with Crippen LogP contribution in [0.3, 0.4) is 0 Å². The molecule has 0 fully saturated rings. The van der Waals surface area contributed by atoms with Gasteiger partial charge in [0.1, 0.15) is 0 Å².